The monoisotopic (exact) mass is 198 g/mol. The summed E-state index contributed by atoms with van der Waals surface area (Å²) in [5.74, 6) is 0.945. The maximum absolute atomic E-state index is 4.13. The molecule has 0 unspecified atom stereocenters. The average Bonchev–Trinajstić information content (AvgIpc) is 2.59. The van der Waals surface area contributed by atoms with Crippen molar-refractivity contribution in [1.29, 1.82) is 0 Å². The number of thiazole rings is 1. The molecule has 0 aliphatic rings. The maximum Gasteiger partial charge on any atom is 0.161 e. The van der Waals surface area contributed by atoms with E-state index < -0.39 is 0 Å². The van der Waals surface area contributed by atoms with Crippen LogP contribution in [0.3, 0.4) is 0 Å². The summed E-state index contributed by atoms with van der Waals surface area (Å²) in [6.45, 7) is 6.26. The van der Waals surface area contributed by atoms with Crippen molar-refractivity contribution in [1.82, 2.24) is 4.98 Å². The molecule has 0 atom stereocenters. The minimum absolute atomic E-state index is 0.945. The molecule has 3 nitrogen and oxygen atoms in total. The predicted molar refractivity (Wildman–Crippen MR) is 58.5 cm³/mol. The minimum atomic E-state index is 0.945. The molecule has 0 spiro atoms. The number of hydrogen-bond donors (Lipinski definition) is 2. The third-order valence-corrected chi connectivity index (χ3v) is 2.32. The first-order valence-electron chi connectivity index (χ1n) is 4.73. The Kier molecular flexibility index (Phi) is 4.60. The molecular weight excluding hydrogens is 182 g/mol. The molecule has 0 fully saturated rings. The van der Waals surface area contributed by atoms with Crippen LogP contribution in [-0.4, -0.2) is 18.1 Å². The van der Waals surface area contributed by atoms with Gasteiger partial charge in [-0.1, -0.05) is 25.2 Å². The number of anilines is 2. The van der Waals surface area contributed by atoms with Crippen molar-refractivity contribution in [2.24, 2.45) is 0 Å². The van der Waals surface area contributed by atoms with E-state index in [0.717, 1.165) is 36.8 Å². The molecular formula is C9H16N3S. The lowest BCUT2D eigenvalue weighted by Gasteiger charge is -2.05. The highest BCUT2D eigenvalue weighted by Crippen LogP contribution is 2.24. The Bertz CT molecular complexity index is 212. The van der Waals surface area contributed by atoms with Gasteiger partial charge in [0.25, 0.3) is 0 Å². The molecule has 0 aliphatic carbocycles. The van der Waals surface area contributed by atoms with Crippen molar-refractivity contribution < 1.29 is 0 Å². The molecule has 0 aliphatic heterocycles. The van der Waals surface area contributed by atoms with Gasteiger partial charge >= 0.3 is 0 Å². The van der Waals surface area contributed by atoms with E-state index in [2.05, 4.69) is 35.0 Å². The molecule has 0 saturated carbocycles. The Labute approximate surface area is 83.6 Å². The lowest BCUT2D eigenvalue weighted by molar-refractivity contribution is 0.964. The van der Waals surface area contributed by atoms with Gasteiger partial charge in [0.15, 0.2) is 11.3 Å². The first-order chi connectivity index (χ1) is 6.38. The van der Waals surface area contributed by atoms with Crippen LogP contribution in [0.4, 0.5) is 10.8 Å². The van der Waals surface area contributed by atoms with Crippen LogP contribution in [0.15, 0.2) is 0 Å². The quantitative estimate of drug-likeness (QED) is 0.737. The van der Waals surface area contributed by atoms with Gasteiger partial charge in [0.1, 0.15) is 5.00 Å². The van der Waals surface area contributed by atoms with E-state index in [1.165, 1.54) is 11.3 Å². The second-order valence-corrected chi connectivity index (χ2v) is 3.63. The molecule has 13 heavy (non-hydrogen) atoms. The third kappa shape index (κ3) is 3.22. The van der Waals surface area contributed by atoms with Gasteiger partial charge in [-0.2, -0.15) is 0 Å². The molecule has 1 heterocycles. The van der Waals surface area contributed by atoms with Gasteiger partial charge in [-0.15, -0.1) is 0 Å². The number of rotatable bonds is 6. The van der Waals surface area contributed by atoms with Gasteiger partial charge in [0.05, 0.1) is 0 Å². The van der Waals surface area contributed by atoms with Gasteiger partial charge < -0.3 is 10.6 Å². The van der Waals surface area contributed by atoms with Crippen LogP contribution in [-0.2, 0) is 0 Å². The predicted octanol–water partition coefficient (Wildman–Crippen LogP) is 2.59. The Morgan fingerprint density at radius 3 is 2.62 bits per heavy atom. The number of hydrogen-bond acceptors (Lipinski definition) is 4. The summed E-state index contributed by atoms with van der Waals surface area (Å²) in [4.78, 5) is 4.13. The first kappa shape index (κ1) is 10.3. The highest BCUT2D eigenvalue weighted by atomic mass is 32.1. The largest absolute Gasteiger partial charge is 0.374 e. The van der Waals surface area contributed by atoms with Gasteiger partial charge in [0.2, 0.25) is 0 Å². The Morgan fingerprint density at radius 1 is 1.23 bits per heavy atom. The van der Waals surface area contributed by atoms with Crippen LogP contribution >= 0.6 is 11.3 Å². The number of nitrogens with one attached hydrogen (secondary N) is 2. The second kappa shape index (κ2) is 5.80. The van der Waals surface area contributed by atoms with Gasteiger partial charge in [0, 0.05) is 13.1 Å². The summed E-state index contributed by atoms with van der Waals surface area (Å²) in [6, 6.07) is 0. The summed E-state index contributed by atoms with van der Waals surface area (Å²) in [7, 11) is 0. The van der Waals surface area contributed by atoms with Crippen molar-refractivity contribution in [3.05, 3.63) is 5.51 Å². The fourth-order valence-electron chi connectivity index (χ4n) is 0.935. The summed E-state index contributed by atoms with van der Waals surface area (Å²) in [5.41, 5.74) is 2.88. The van der Waals surface area contributed by atoms with Crippen molar-refractivity contribution in [3.8, 4) is 0 Å². The molecule has 1 radical (unpaired) electrons. The van der Waals surface area contributed by atoms with Crippen molar-refractivity contribution in [3.63, 3.8) is 0 Å². The summed E-state index contributed by atoms with van der Waals surface area (Å²) in [6.07, 6.45) is 2.25. The van der Waals surface area contributed by atoms with Crippen LogP contribution in [0.5, 0.6) is 0 Å². The molecule has 1 aromatic heterocycles. The third-order valence-electron chi connectivity index (χ3n) is 1.60. The van der Waals surface area contributed by atoms with E-state index >= 15 is 0 Å². The molecule has 4 heteroatoms. The lowest BCUT2D eigenvalue weighted by atomic mass is 10.4. The normalized spacial score (nSPS) is 10.0. The number of nitrogens with zero attached hydrogens (tertiary/aromatic N) is 1. The standard InChI is InChI=1S/C9H16N3S/c1-3-5-10-8-9(11-6-4-2)13-7-12-8/h10-11H,3-6H2,1-2H3. The molecule has 0 saturated heterocycles. The van der Waals surface area contributed by atoms with E-state index in [-0.39, 0.29) is 0 Å². The van der Waals surface area contributed by atoms with Gasteiger partial charge in [-0.25, -0.2) is 4.98 Å². The SMILES string of the molecule is CCCNc1n[c]sc1NCCC. The average molecular weight is 198 g/mol. The Balaban J connectivity index is 2.45. The molecule has 0 aromatic carbocycles. The van der Waals surface area contributed by atoms with Crippen molar-refractivity contribution in [2.45, 2.75) is 26.7 Å². The fraction of sp³-hybridized carbons (Fsp3) is 0.667. The van der Waals surface area contributed by atoms with E-state index in [1.54, 1.807) is 0 Å². The van der Waals surface area contributed by atoms with Crippen LogP contribution in [0.2, 0.25) is 0 Å². The molecule has 73 valence electrons. The van der Waals surface area contributed by atoms with E-state index in [4.69, 9.17) is 0 Å². The van der Waals surface area contributed by atoms with E-state index in [9.17, 15) is 0 Å². The second-order valence-electron chi connectivity index (χ2n) is 2.84. The van der Waals surface area contributed by atoms with Crippen LogP contribution in [0.1, 0.15) is 26.7 Å². The zero-order valence-electron chi connectivity index (χ0n) is 8.18. The maximum atomic E-state index is 4.13. The zero-order valence-corrected chi connectivity index (χ0v) is 9.00. The smallest absolute Gasteiger partial charge is 0.161 e. The minimum Gasteiger partial charge on any atom is -0.374 e. The summed E-state index contributed by atoms with van der Waals surface area (Å²) < 4.78 is 0. The Hall–Kier alpha value is -0.770. The highest BCUT2D eigenvalue weighted by Gasteiger charge is 2.03. The van der Waals surface area contributed by atoms with Crippen LogP contribution < -0.4 is 10.6 Å². The topological polar surface area (TPSA) is 37.0 Å². The van der Waals surface area contributed by atoms with Crippen molar-refractivity contribution >= 4 is 22.2 Å². The van der Waals surface area contributed by atoms with Gasteiger partial charge in [-0.05, 0) is 12.8 Å². The lowest BCUT2D eigenvalue weighted by Crippen LogP contribution is -2.04. The molecule has 1 aromatic rings. The molecule has 1 rings (SSSR count). The summed E-state index contributed by atoms with van der Waals surface area (Å²) >= 11 is 1.53. The van der Waals surface area contributed by atoms with Crippen LogP contribution in [0, 0.1) is 5.51 Å². The van der Waals surface area contributed by atoms with Crippen molar-refractivity contribution in [2.75, 3.05) is 23.7 Å². The van der Waals surface area contributed by atoms with Gasteiger partial charge in [-0.3, -0.25) is 0 Å². The molecule has 2 N–H and O–H groups in total. The fourth-order valence-corrected chi connectivity index (χ4v) is 1.55. The first-order valence-corrected chi connectivity index (χ1v) is 5.54. The Morgan fingerprint density at radius 2 is 1.92 bits per heavy atom. The van der Waals surface area contributed by atoms with Crippen LogP contribution in [0.25, 0.3) is 0 Å². The highest BCUT2D eigenvalue weighted by molar-refractivity contribution is 7.14. The molecule has 0 amide bonds. The zero-order chi connectivity index (χ0) is 9.52. The number of aromatic nitrogens is 1. The van der Waals surface area contributed by atoms with E-state index in [0.29, 0.717) is 0 Å². The molecule has 0 bridgehead atoms. The van der Waals surface area contributed by atoms with E-state index in [1.807, 2.05) is 0 Å². The summed E-state index contributed by atoms with van der Waals surface area (Å²) in [5, 5.41) is 7.68.